The highest BCUT2D eigenvalue weighted by Gasteiger charge is 2.27. The average molecular weight is 247 g/mol. The highest BCUT2D eigenvalue weighted by molar-refractivity contribution is 5.48. The summed E-state index contributed by atoms with van der Waals surface area (Å²) < 4.78 is 0. The number of piperazine rings is 1. The van der Waals surface area contributed by atoms with Crippen LogP contribution in [0.5, 0.6) is 0 Å². The number of hydrogen-bond donors (Lipinski definition) is 1. The van der Waals surface area contributed by atoms with E-state index >= 15 is 0 Å². The second-order valence-electron chi connectivity index (χ2n) is 5.47. The van der Waals surface area contributed by atoms with Crippen LogP contribution in [-0.2, 0) is 0 Å². The van der Waals surface area contributed by atoms with E-state index in [0.29, 0.717) is 5.95 Å². The topological polar surface area (TPSA) is 58.3 Å². The first-order valence-corrected chi connectivity index (χ1v) is 6.79. The molecule has 0 amide bonds. The molecule has 1 aromatic rings. The Morgan fingerprint density at radius 3 is 2.67 bits per heavy atom. The van der Waals surface area contributed by atoms with Gasteiger partial charge >= 0.3 is 0 Å². The molecule has 0 bridgehead atoms. The van der Waals surface area contributed by atoms with Gasteiger partial charge in [0.25, 0.3) is 0 Å². The lowest BCUT2D eigenvalue weighted by atomic mass is 10.2. The molecule has 2 aliphatic rings. The standard InChI is InChI=1S/C13H21N5/c1-10-8-15-13(14)16-12(10)18-6-4-17(5-7-18)9-11-2-3-11/h8,11H,2-7,9H2,1H3,(H2,14,15,16). The van der Waals surface area contributed by atoms with Gasteiger partial charge in [-0.05, 0) is 25.7 Å². The van der Waals surface area contributed by atoms with Gasteiger partial charge in [0.05, 0.1) is 0 Å². The maximum atomic E-state index is 5.68. The molecular weight excluding hydrogens is 226 g/mol. The molecule has 0 radical (unpaired) electrons. The number of aromatic nitrogens is 2. The molecule has 5 nitrogen and oxygen atoms in total. The molecule has 18 heavy (non-hydrogen) atoms. The first-order chi connectivity index (χ1) is 8.72. The summed E-state index contributed by atoms with van der Waals surface area (Å²) >= 11 is 0. The fourth-order valence-electron chi connectivity index (χ4n) is 2.57. The minimum atomic E-state index is 0.371. The predicted octanol–water partition coefficient (Wildman–Crippen LogP) is 0.899. The Morgan fingerprint density at radius 2 is 2.00 bits per heavy atom. The molecule has 2 heterocycles. The van der Waals surface area contributed by atoms with Crippen LogP contribution in [0.3, 0.4) is 0 Å². The van der Waals surface area contributed by atoms with E-state index < -0.39 is 0 Å². The number of rotatable bonds is 3. The van der Waals surface area contributed by atoms with Gasteiger partial charge in [-0.1, -0.05) is 0 Å². The van der Waals surface area contributed by atoms with Crippen LogP contribution in [0.4, 0.5) is 11.8 Å². The zero-order valence-corrected chi connectivity index (χ0v) is 11.0. The molecule has 98 valence electrons. The van der Waals surface area contributed by atoms with Crippen molar-refractivity contribution >= 4 is 11.8 Å². The minimum absolute atomic E-state index is 0.371. The molecular formula is C13H21N5. The summed E-state index contributed by atoms with van der Waals surface area (Å²) in [5.41, 5.74) is 6.79. The highest BCUT2D eigenvalue weighted by Crippen LogP contribution is 2.30. The molecule has 0 spiro atoms. The molecule has 5 heteroatoms. The summed E-state index contributed by atoms with van der Waals surface area (Å²) in [4.78, 5) is 13.3. The molecule has 2 fully saturated rings. The third-order valence-corrected chi connectivity index (χ3v) is 3.85. The second kappa shape index (κ2) is 4.72. The van der Waals surface area contributed by atoms with E-state index in [1.165, 1.54) is 19.4 Å². The van der Waals surface area contributed by atoms with Crippen LogP contribution in [0, 0.1) is 12.8 Å². The lowest BCUT2D eigenvalue weighted by molar-refractivity contribution is 0.247. The van der Waals surface area contributed by atoms with Crippen LogP contribution in [0.1, 0.15) is 18.4 Å². The monoisotopic (exact) mass is 247 g/mol. The molecule has 1 aromatic heterocycles. The van der Waals surface area contributed by atoms with Crippen molar-refractivity contribution < 1.29 is 0 Å². The van der Waals surface area contributed by atoms with Crippen molar-refractivity contribution in [3.8, 4) is 0 Å². The summed E-state index contributed by atoms with van der Waals surface area (Å²) in [7, 11) is 0. The van der Waals surface area contributed by atoms with E-state index in [-0.39, 0.29) is 0 Å². The fraction of sp³-hybridized carbons (Fsp3) is 0.692. The molecule has 0 unspecified atom stereocenters. The van der Waals surface area contributed by atoms with Gasteiger partial charge in [0.2, 0.25) is 5.95 Å². The van der Waals surface area contributed by atoms with Gasteiger partial charge in [0.15, 0.2) is 0 Å². The van der Waals surface area contributed by atoms with E-state index in [2.05, 4.69) is 19.8 Å². The van der Waals surface area contributed by atoms with Crippen LogP contribution < -0.4 is 10.6 Å². The van der Waals surface area contributed by atoms with Crippen LogP contribution in [0.25, 0.3) is 0 Å². The molecule has 2 N–H and O–H groups in total. The van der Waals surface area contributed by atoms with E-state index in [4.69, 9.17) is 5.73 Å². The van der Waals surface area contributed by atoms with Gasteiger partial charge in [-0.15, -0.1) is 0 Å². The first kappa shape index (κ1) is 11.7. The van der Waals surface area contributed by atoms with Gasteiger partial charge in [-0.2, -0.15) is 4.98 Å². The van der Waals surface area contributed by atoms with Gasteiger partial charge in [-0.25, -0.2) is 4.98 Å². The highest BCUT2D eigenvalue weighted by atomic mass is 15.3. The van der Waals surface area contributed by atoms with Gasteiger partial charge < -0.3 is 10.6 Å². The molecule has 1 aliphatic carbocycles. The Hall–Kier alpha value is -1.36. The Balaban J connectivity index is 1.62. The van der Waals surface area contributed by atoms with Gasteiger partial charge in [0, 0.05) is 44.5 Å². The first-order valence-electron chi connectivity index (χ1n) is 6.79. The Labute approximate surface area is 108 Å². The zero-order valence-electron chi connectivity index (χ0n) is 11.0. The molecule has 0 aromatic carbocycles. The quantitative estimate of drug-likeness (QED) is 0.860. The largest absolute Gasteiger partial charge is 0.368 e. The van der Waals surface area contributed by atoms with Crippen LogP contribution in [0.2, 0.25) is 0 Å². The van der Waals surface area contributed by atoms with E-state index in [1.54, 1.807) is 0 Å². The van der Waals surface area contributed by atoms with Crippen molar-refractivity contribution in [2.75, 3.05) is 43.4 Å². The number of nitrogens with two attached hydrogens (primary N) is 1. The smallest absolute Gasteiger partial charge is 0.221 e. The van der Waals surface area contributed by atoms with Crippen molar-refractivity contribution in [1.82, 2.24) is 14.9 Å². The van der Waals surface area contributed by atoms with E-state index in [0.717, 1.165) is 43.5 Å². The van der Waals surface area contributed by atoms with Gasteiger partial charge in [0.1, 0.15) is 5.82 Å². The maximum absolute atomic E-state index is 5.68. The van der Waals surface area contributed by atoms with Crippen LogP contribution in [-0.4, -0.2) is 47.6 Å². The lowest BCUT2D eigenvalue weighted by Gasteiger charge is -2.36. The molecule has 1 saturated carbocycles. The summed E-state index contributed by atoms with van der Waals surface area (Å²) in [6, 6.07) is 0. The normalized spacial score (nSPS) is 21.3. The fourth-order valence-corrected chi connectivity index (χ4v) is 2.57. The number of hydrogen-bond acceptors (Lipinski definition) is 5. The second-order valence-corrected chi connectivity index (χ2v) is 5.47. The van der Waals surface area contributed by atoms with Crippen molar-refractivity contribution in [1.29, 1.82) is 0 Å². The predicted molar refractivity (Wildman–Crippen MR) is 72.6 cm³/mol. The maximum Gasteiger partial charge on any atom is 0.221 e. The Kier molecular flexibility index (Phi) is 3.07. The molecule has 1 saturated heterocycles. The third-order valence-electron chi connectivity index (χ3n) is 3.85. The van der Waals surface area contributed by atoms with Crippen molar-refractivity contribution in [2.24, 2.45) is 5.92 Å². The Bertz CT molecular complexity index is 421. The molecule has 3 rings (SSSR count). The number of anilines is 2. The summed E-state index contributed by atoms with van der Waals surface area (Å²) in [6.45, 7) is 7.71. The van der Waals surface area contributed by atoms with Crippen molar-refractivity contribution in [3.05, 3.63) is 11.8 Å². The minimum Gasteiger partial charge on any atom is -0.368 e. The SMILES string of the molecule is Cc1cnc(N)nc1N1CCN(CC2CC2)CC1. The molecule has 0 atom stereocenters. The molecule has 1 aliphatic heterocycles. The third kappa shape index (κ3) is 2.56. The summed E-state index contributed by atoms with van der Waals surface area (Å²) in [5.74, 6) is 2.36. The summed E-state index contributed by atoms with van der Waals surface area (Å²) in [6.07, 6.45) is 4.68. The number of aryl methyl sites for hydroxylation is 1. The van der Waals surface area contributed by atoms with Gasteiger partial charge in [-0.3, -0.25) is 4.90 Å². The summed E-state index contributed by atoms with van der Waals surface area (Å²) in [5, 5.41) is 0. The number of nitrogens with zero attached hydrogens (tertiary/aromatic N) is 4. The van der Waals surface area contributed by atoms with E-state index in [9.17, 15) is 0 Å². The van der Waals surface area contributed by atoms with Crippen LogP contribution in [0.15, 0.2) is 6.20 Å². The van der Waals surface area contributed by atoms with Crippen LogP contribution >= 0.6 is 0 Å². The van der Waals surface area contributed by atoms with Crippen molar-refractivity contribution in [2.45, 2.75) is 19.8 Å². The average Bonchev–Trinajstić information content (AvgIpc) is 3.17. The van der Waals surface area contributed by atoms with Crippen molar-refractivity contribution in [3.63, 3.8) is 0 Å². The number of nitrogen functional groups attached to an aromatic ring is 1. The lowest BCUT2D eigenvalue weighted by Crippen LogP contribution is -2.47. The Morgan fingerprint density at radius 1 is 1.28 bits per heavy atom. The zero-order chi connectivity index (χ0) is 12.5. The van der Waals surface area contributed by atoms with E-state index in [1.807, 2.05) is 13.1 Å².